The zero-order valence-corrected chi connectivity index (χ0v) is 10.0. The van der Waals surface area contributed by atoms with Crippen LogP contribution in [0, 0.1) is 0 Å². The van der Waals surface area contributed by atoms with Crippen LogP contribution in [0.3, 0.4) is 0 Å². The summed E-state index contributed by atoms with van der Waals surface area (Å²) in [5.41, 5.74) is 0. The van der Waals surface area contributed by atoms with E-state index in [4.69, 9.17) is 4.74 Å². The van der Waals surface area contributed by atoms with Crippen molar-refractivity contribution in [1.29, 1.82) is 0 Å². The molecule has 0 saturated carbocycles. The van der Waals surface area contributed by atoms with Crippen molar-refractivity contribution in [2.75, 3.05) is 33.7 Å². The van der Waals surface area contributed by atoms with Crippen LogP contribution >= 0.6 is 0 Å². The monoisotopic (exact) mass is 227 g/mol. The van der Waals surface area contributed by atoms with Crippen LogP contribution in [0.4, 0.5) is 4.79 Å². The summed E-state index contributed by atoms with van der Waals surface area (Å²) in [4.78, 5) is 12.7. The summed E-state index contributed by atoms with van der Waals surface area (Å²) in [5, 5.41) is 6.05. The molecule has 2 N–H and O–H groups in total. The van der Waals surface area contributed by atoms with Gasteiger partial charge in [-0.1, -0.05) is 0 Å². The second-order valence-electron chi connectivity index (χ2n) is 4.04. The first kappa shape index (κ1) is 12.8. The number of amides is 2. The number of rotatable bonds is 5. The molecule has 1 aliphatic rings. The number of carbonyl (C=O) groups excluding carboxylic acids is 1. The minimum Gasteiger partial charge on any atom is -0.497 e. The lowest BCUT2D eigenvalue weighted by Crippen LogP contribution is -2.40. The predicted molar refractivity (Wildman–Crippen MR) is 63.2 cm³/mol. The van der Waals surface area contributed by atoms with Crippen LogP contribution in [0.2, 0.25) is 0 Å². The second-order valence-corrected chi connectivity index (χ2v) is 4.04. The van der Waals surface area contributed by atoms with Crippen molar-refractivity contribution in [3.8, 4) is 0 Å². The van der Waals surface area contributed by atoms with E-state index < -0.39 is 0 Å². The van der Waals surface area contributed by atoms with Crippen molar-refractivity contribution in [3.63, 3.8) is 0 Å². The van der Waals surface area contributed by atoms with Gasteiger partial charge in [0, 0.05) is 33.7 Å². The standard InChI is InChI=1S/C11H21N3O2/c1-14(2)11(15)13-7-6-12-9-10-5-3-4-8-16-10/h4,8,10,12H,3,5-7,9H2,1-2H3,(H,13,15). The van der Waals surface area contributed by atoms with Gasteiger partial charge >= 0.3 is 6.03 Å². The van der Waals surface area contributed by atoms with Crippen molar-refractivity contribution in [2.45, 2.75) is 18.9 Å². The molecule has 2 amide bonds. The number of urea groups is 1. The van der Waals surface area contributed by atoms with Crippen molar-refractivity contribution < 1.29 is 9.53 Å². The number of nitrogens with one attached hydrogen (secondary N) is 2. The lowest BCUT2D eigenvalue weighted by Gasteiger charge is -2.20. The van der Waals surface area contributed by atoms with E-state index in [1.54, 1.807) is 20.4 Å². The van der Waals surface area contributed by atoms with Crippen LogP contribution in [-0.2, 0) is 4.74 Å². The molecule has 16 heavy (non-hydrogen) atoms. The van der Waals surface area contributed by atoms with E-state index >= 15 is 0 Å². The van der Waals surface area contributed by atoms with E-state index in [1.807, 2.05) is 6.08 Å². The van der Waals surface area contributed by atoms with Crippen LogP contribution in [0.5, 0.6) is 0 Å². The molecule has 92 valence electrons. The molecule has 1 aliphatic heterocycles. The number of hydrogen-bond donors (Lipinski definition) is 2. The van der Waals surface area contributed by atoms with Gasteiger partial charge in [-0.25, -0.2) is 4.79 Å². The quantitative estimate of drug-likeness (QED) is 0.674. The van der Waals surface area contributed by atoms with Gasteiger partial charge in [-0.2, -0.15) is 0 Å². The number of carbonyl (C=O) groups is 1. The van der Waals surface area contributed by atoms with E-state index in [9.17, 15) is 4.79 Å². The van der Waals surface area contributed by atoms with E-state index in [0.29, 0.717) is 6.54 Å². The summed E-state index contributed by atoms with van der Waals surface area (Å²) >= 11 is 0. The molecule has 0 aliphatic carbocycles. The maximum atomic E-state index is 11.2. The second kappa shape index (κ2) is 7.11. The highest BCUT2D eigenvalue weighted by atomic mass is 16.5. The lowest BCUT2D eigenvalue weighted by atomic mass is 10.1. The fourth-order valence-electron chi connectivity index (χ4n) is 1.41. The van der Waals surface area contributed by atoms with Crippen molar-refractivity contribution in [2.24, 2.45) is 0 Å². The summed E-state index contributed by atoms with van der Waals surface area (Å²) in [6, 6.07) is -0.0568. The Bertz CT molecular complexity index is 241. The predicted octanol–water partition coefficient (Wildman–Crippen LogP) is 0.540. The van der Waals surface area contributed by atoms with Gasteiger partial charge in [-0.3, -0.25) is 0 Å². The highest BCUT2D eigenvalue weighted by Gasteiger charge is 2.09. The zero-order valence-electron chi connectivity index (χ0n) is 10.0. The fraction of sp³-hybridized carbons (Fsp3) is 0.727. The zero-order chi connectivity index (χ0) is 11.8. The highest BCUT2D eigenvalue weighted by molar-refractivity contribution is 5.73. The van der Waals surface area contributed by atoms with Crippen molar-refractivity contribution >= 4 is 6.03 Å². The Kier molecular flexibility index (Phi) is 5.71. The summed E-state index contributed by atoms with van der Waals surface area (Å²) in [6.45, 7) is 2.24. The van der Waals surface area contributed by atoms with Gasteiger partial charge in [-0.15, -0.1) is 0 Å². The summed E-state index contributed by atoms with van der Waals surface area (Å²) in [7, 11) is 3.45. The molecule has 0 aromatic heterocycles. The number of ether oxygens (including phenoxy) is 1. The minimum absolute atomic E-state index is 0.0568. The Morgan fingerprint density at radius 1 is 1.50 bits per heavy atom. The third kappa shape index (κ3) is 5.02. The van der Waals surface area contributed by atoms with Gasteiger partial charge in [0.25, 0.3) is 0 Å². The normalized spacial score (nSPS) is 19.0. The van der Waals surface area contributed by atoms with Gasteiger partial charge in [-0.05, 0) is 18.9 Å². The molecule has 1 rings (SSSR count). The molecule has 1 heterocycles. The first-order chi connectivity index (χ1) is 7.70. The first-order valence-electron chi connectivity index (χ1n) is 5.66. The lowest BCUT2D eigenvalue weighted by molar-refractivity contribution is 0.122. The summed E-state index contributed by atoms with van der Waals surface area (Å²) in [5.74, 6) is 0. The van der Waals surface area contributed by atoms with Crippen LogP contribution in [-0.4, -0.2) is 50.8 Å². The summed E-state index contributed by atoms with van der Waals surface area (Å²) in [6.07, 6.45) is 6.23. The third-order valence-corrected chi connectivity index (χ3v) is 2.38. The minimum atomic E-state index is -0.0568. The van der Waals surface area contributed by atoms with Gasteiger partial charge in [0.1, 0.15) is 6.10 Å². The van der Waals surface area contributed by atoms with Crippen molar-refractivity contribution in [1.82, 2.24) is 15.5 Å². The fourth-order valence-corrected chi connectivity index (χ4v) is 1.41. The molecule has 0 saturated heterocycles. The van der Waals surface area contributed by atoms with E-state index in [2.05, 4.69) is 10.6 Å². The molecule has 0 spiro atoms. The Morgan fingerprint density at radius 3 is 2.94 bits per heavy atom. The smallest absolute Gasteiger partial charge is 0.316 e. The van der Waals surface area contributed by atoms with Crippen LogP contribution < -0.4 is 10.6 Å². The van der Waals surface area contributed by atoms with Gasteiger partial charge in [0.15, 0.2) is 0 Å². The van der Waals surface area contributed by atoms with Gasteiger partial charge < -0.3 is 20.3 Å². The van der Waals surface area contributed by atoms with Crippen LogP contribution in [0.1, 0.15) is 12.8 Å². The van der Waals surface area contributed by atoms with Gasteiger partial charge in [0.2, 0.25) is 0 Å². The largest absolute Gasteiger partial charge is 0.497 e. The highest BCUT2D eigenvalue weighted by Crippen LogP contribution is 2.08. The molecule has 0 aromatic carbocycles. The molecule has 5 heteroatoms. The Hall–Kier alpha value is -1.23. The van der Waals surface area contributed by atoms with Crippen molar-refractivity contribution in [3.05, 3.63) is 12.3 Å². The molecule has 1 atom stereocenters. The molecular weight excluding hydrogens is 206 g/mol. The van der Waals surface area contributed by atoms with Crippen LogP contribution in [0.25, 0.3) is 0 Å². The first-order valence-corrected chi connectivity index (χ1v) is 5.66. The van der Waals surface area contributed by atoms with E-state index in [0.717, 1.165) is 25.9 Å². The summed E-state index contributed by atoms with van der Waals surface area (Å²) < 4.78 is 5.41. The maximum Gasteiger partial charge on any atom is 0.316 e. The molecule has 5 nitrogen and oxygen atoms in total. The number of allylic oxidation sites excluding steroid dienone is 1. The number of hydrogen-bond acceptors (Lipinski definition) is 3. The average molecular weight is 227 g/mol. The Morgan fingerprint density at radius 2 is 2.31 bits per heavy atom. The molecule has 0 aromatic rings. The molecular formula is C11H21N3O2. The van der Waals surface area contributed by atoms with E-state index in [1.165, 1.54) is 4.90 Å². The van der Waals surface area contributed by atoms with Gasteiger partial charge in [0.05, 0.1) is 6.26 Å². The third-order valence-electron chi connectivity index (χ3n) is 2.38. The molecule has 0 bridgehead atoms. The van der Waals surface area contributed by atoms with E-state index in [-0.39, 0.29) is 12.1 Å². The molecule has 0 fully saturated rings. The van der Waals surface area contributed by atoms with Crippen LogP contribution in [0.15, 0.2) is 12.3 Å². The molecule has 0 radical (unpaired) electrons. The average Bonchev–Trinajstić information content (AvgIpc) is 2.29. The molecule has 1 unspecified atom stereocenters. The topological polar surface area (TPSA) is 53.6 Å². The Labute approximate surface area is 96.8 Å². The Balaban J connectivity index is 1.95. The SMILES string of the molecule is CN(C)C(=O)NCCNCC1CCC=CO1. The number of nitrogens with zero attached hydrogens (tertiary/aromatic N) is 1. The maximum absolute atomic E-state index is 11.2.